The van der Waals surface area contributed by atoms with Crippen LogP contribution < -0.4 is 20.6 Å². The molecule has 2 N–H and O–H groups in total. The molecule has 2 aromatic heterocycles. The minimum atomic E-state index is -0.203. The molecule has 3 amide bonds. The summed E-state index contributed by atoms with van der Waals surface area (Å²) in [5.74, 6) is 0.270. The van der Waals surface area contributed by atoms with E-state index >= 15 is 0 Å². The van der Waals surface area contributed by atoms with Crippen LogP contribution >= 0.6 is 0 Å². The Labute approximate surface area is 253 Å². The standard InChI is InChI=1S/2C14H11N3O.C3H7NO.Cu/c2*18-13(10-6-2-1-3-7-10)17-14-15-11-8-4-5-9-12(11)16-14;1-4(2)3-5;/h2*1-9H,(H2,15,16,17,18);3H,1-2H3;/q;;;+2/p-2. The van der Waals surface area contributed by atoms with E-state index in [2.05, 4.69) is 30.6 Å². The number of carbonyl (C=O) groups is 3. The molecule has 0 unspecified atom stereocenters. The third-order valence-electron chi connectivity index (χ3n) is 5.40. The van der Waals surface area contributed by atoms with E-state index in [0.29, 0.717) is 23.0 Å². The van der Waals surface area contributed by atoms with E-state index in [1.807, 2.05) is 84.9 Å². The monoisotopic (exact) mass is 608 g/mol. The van der Waals surface area contributed by atoms with Gasteiger partial charge in [0, 0.05) is 59.2 Å². The van der Waals surface area contributed by atoms with Gasteiger partial charge in [0.25, 0.3) is 0 Å². The van der Waals surface area contributed by atoms with Gasteiger partial charge in [-0.1, -0.05) is 109 Å². The number of para-hydroxylation sites is 4. The fourth-order valence-electron chi connectivity index (χ4n) is 3.45. The van der Waals surface area contributed by atoms with Gasteiger partial charge in [0.05, 0.1) is 0 Å². The van der Waals surface area contributed by atoms with Crippen molar-refractivity contribution in [2.45, 2.75) is 0 Å². The second-order valence-electron chi connectivity index (χ2n) is 8.78. The van der Waals surface area contributed by atoms with E-state index in [0.717, 1.165) is 28.5 Å². The maximum absolute atomic E-state index is 11.9. The molecular weight excluding hydrogens is 582 g/mol. The Hall–Kier alpha value is -5.25. The van der Waals surface area contributed by atoms with Crippen LogP contribution in [0.4, 0.5) is 11.9 Å². The summed E-state index contributed by atoms with van der Waals surface area (Å²) >= 11 is 0. The molecule has 11 heteroatoms. The molecule has 6 aromatic rings. The van der Waals surface area contributed by atoms with E-state index in [-0.39, 0.29) is 28.9 Å². The number of amides is 3. The van der Waals surface area contributed by atoms with Crippen LogP contribution in [0.2, 0.25) is 0 Å². The van der Waals surface area contributed by atoms with Crippen molar-refractivity contribution in [2.75, 3.05) is 24.7 Å². The average Bonchev–Trinajstić information content (AvgIpc) is 3.61. The molecule has 4 aromatic carbocycles. The number of rotatable bonds is 5. The summed E-state index contributed by atoms with van der Waals surface area (Å²) in [6.45, 7) is 0. The minimum Gasteiger partial charge on any atom is -0.379 e. The Morgan fingerprint density at radius 1 is 0.619 bits per heavy atom. The molecule has 0 bridgehead atoms. The quantitative estimate of drug-likeness (QED) is 0.216. The molecule has 0 saturated carbocycles. The van der Waals surface area contributed by atoms with E-state index in [4.69, 9.17) is 0 Å². The van der Waals surface area contributed by atoms with Crippen LogP contribution in [0.25, 0.3) is 22.1 Å². The molecule has 0 aliphatic rings. The number of benzene rings is 4. The van der Waals surface area contributed by atoms with Gasteiger partial charge in [-0.25, -0.2) is 0 Å². The maximum Gasteiger partial charge on any atom is 2.00 e. The number of anilines is 2. The number of fused-ring (bicyclic) bond motifs is 2. The van der Waals surface area contributed by atoms with E-state index < -0.39 is 0 Å². The predicted octanol–water partition coefficient (Wildman–Crippen LogP) is 4.59. The van der Waals surface area contributed by atoms with Crippen molar-refractivity contribution in [3.63, 3.8) is 0 Å². The van der Waals surface area contributed by atoms with Gasteiger partial charge in [-0.2, -0.15) is 0 Å². The number of nitrogens with zero attached hydrogens (tertiary/aromatic N) is 5. The molecule has 2 heterocycles. The maximum atomic E-state index is 11.9. The third-order valence-corrected chi connectivity index (χ3v) is 5.40. The SMILES string of the molecule is CN(C)C=O.O=C(Nc1nc2ccccc2[n-]1)c1ccccc1.O=C(Nc1nc2ccccc2[n-]1)c1ccccc1.[Cu+2]. The van der Waals surface area contributed by atoms with Gasteiger partial charge in [0.15, 0.2) is 0 Å². The Kier molecular flexibility index (Phi) is 11.6. The van der Waals surface area contributed by atoms with Crippen molar-refractivity contribution in [3.05, 3.63) is 120 Å². The number of imidazole rings is 2. The first-order chi connectivity index (χ1) is 19.9. The molecule has 0 aliphatic heterocycles. The summed E-state index contributed by atoms with van der Waals surface area (Å²) in [6.07, 6.45) is 0.750. The normalized spacial score (nSPS) is 9.76. The number of nitrogens with one attached hydrogen (secondary N) is 2. The molecule has 0 fully saturated rings. The second-order valence-corrected chi connectivity index (χ2v) is 8.78. The number of aromatic nitrogens is 4. The minimum absolute atomic E-state index is 0. The number of carbonyl (C=O) groups excluding carboxylic acids is 3. The molecule has 0 aliphatic carbocycles. The summed E-state index contributed by atoms with van der Waals surface area (Å²) in [5, 5.41) is 5.37. The van der Waals surface area contributed by atoms with Gasteiger partial charge < -0.3 is 35.5 Å². The largest absolute Gasteiger partial charge is 2.00 e. The van der Waals surface area contributed by atoms with Gasteiger partial charge in [0.1, 0.15) is 0 Å². The van der Waals surface area contributed by atoms with Crippen LogP contribution in [-0.4, -0.2) is 47.2 Å². The summed E-state index contributed by atoms with van der Waals surface area (Å²) in [5.41, 5.74) is 4.29. The zero-order chi connectivity index (χ0) is 29.0. The smallest absolute Gasteiger partial charge is 0.379 e. The fourth-order valence-corrected chi connectivity index (χ4v) is 3.45. The zero-order valence-electron chi connectivity index (χ0n) is 22.7. The van der Waals surface area contributed by atoms with E-state index in [1.165, 1.54) is 4.90 Å². The summed E-state index contributed by atoms with van der Waals surface area (Å²) < 4.78 is 0. The van der Waals surface area contributed by atoms with Crippen molar-refractivity contribution in [2.24, 2.45) is 0 Å². The molecule has 42 heavy (non-hydrogen) atoms. The summed E-state index contributed by atoms with van der Waals surface area (Å²) in [7, 11) is 3.38. The molecule has 0 saturated heterocycles. The second kappa shape index (κ2) is 15.5. The summed E-state index contributed by atoms with van der Waals surface area (Å²) in [6, 6.07) is 33.0. The van der Waals surface area contributed by atoms with E-state index in [9.17, 15) is 14.4 Å². The summed E-state index contributed by atoms with van der Waals surface area (Å²) in [4.78, 5) is 51.6. The van der Waals surface area contributed by atoms with Crippen molar-refractivity contribution >= 4 is 52.2 Å². The van der Waals surface area contributed by atoms with Crippen LogP contribution in [0.5, 0.6) is 0 Å². The molecule has 6 rings (SSSR count). The fraction of sp³-hybridized carbons (Fsp3) is 0.0645. The first kappa shape index (κ1) is 31.3. The van der Waals surface area contributed by atoms with Gasteiger partial charge >= 0.3 is 17.1 Å². The first-order valence-electron chi connectivity index (χ1n) is 12.6. The molecule has 0 spiro atoms. The molecule has 215 valence electrons. The van der Waals surface area contributed by atoms with Crippen molar-refractivity contribution in [3.8, 4) is 0 Å². The molecule has 0 atom stereocenters. The van der Waals surface area contributed by atoms with Crippen LogP contribution in [0.3, 0.4) is 0 Å². The third kappa shape index (κ3) is 8.88. The predicted molar refractivity (Wildman–Crippen MR) is 159 cm³/mol. The topological polar surface area (TPSA) is 132 Å². The van der Waals surface area contributed by atoms with Crippen molar-refractivity contribution in [1.29, 1.82) is 0 Å². The van der Waals surface area contributed by atoms with Gasteiger partial charge in [-0.3, -0.25) is 14.4 Å². The van der Waals surface area contributed by atoms with Gasteiger partial charge in [-0.05, 0) is 0 Å². The average molecular weight is 609 g/mol. The van der Waals surface area contributed by atoms with Gasteiger partial charge in [-0.15, -0.1) is 0 Å². The Morgan fingerprint density at radius 3 is 1.29 bits per heavy atom. The molecular formula is C31H27CuN7O3. The van der Waals surface area contributed by atoms with Crippen molar-refractivity contribution < 1.29 is 31.5 Å². The number of hydrogen-bond donors (Lipinski definition) is 2. The zero-order valence-corrected chi connectivity index (χ0v) is 23.7. The molecule has 1 radical (unpaired) electrons. The van der Waals surface area contributed by atoms with Crippen LogP contribution in [0, 0.1) is 0 Å². The Morgan fingerprint density at radius 2 is 0.952 bits per heavy atom. The van der Waals surface area contributed by atoms with Crippen LogP contribution in [0.1, 0.15) is 20.7 Å². The van der Waals surface area contributed by atoms with Crippen LogP contribution in [-0.2, 0) is 21.9 Å². The first-order valence-corrected chi connectivity index (χ1v) is 12.6. The Balaban J connectivity index is 0.000000195. The van der Waals surface area contributed by atoms with Crippen molar-refractivity contribution in [1.82, 2.24) is 24.8 Å². The van der Waals surface area contributed by atoms with E-state index in [1.54, 1.807) is 38.4 Å². The molecule has 10 nitrogen and oxygen atoms in total. The number of hydrogen-bond acceptors (Lipinski definition) is 5. The Bertz CT molecular complexity index is 1550. The van der Waals surface area contributed by atoms with Gasteiger partial charge in [0.2, 0.25) is 18.2 Å². The van der Waals surface area contributed by atoms with Crippen LogP contribution in [0.15, 0.2) is 109 Å².